The Morgan fingerprint density at radius 2 is 1.94 bits per heavy atom. The molecule has 0 aliphatic heterocycles. The molecule has 2 rings (SSSR count). The smallest absolute Gasteiger partial charge is 0.151 e. The molecule has 3 heteroatoms. The summed E-state index contributed by atoms with van der Waals surface area (Å²) >= 11 is 0. The predicted octanol–water partition coefficient (Wildman–Crippen LogP) is 2.61. The maximum absolute atomic E-state index is 10.7. The van der Waals surface area contributed by atoms with Crippen LogP contribution in [0.15, 0.2) is 36.5 Å². The van der Waals surface area contributed by atoms with Crippen molar-refractivity contribution in [3.63, 3.8) is 0 Å². The lowest BCUT2D eigenvalue weighted by Crippen LogP contribution is -1.94. The third-order valence-electron chi connectivity index (χ3n) is 2.52. The summed E-state index contributed by atoms with van der Waals surface area (Å²) < 4.78 is 7.07. The molecule has 0 fully saturated rings. The minimum Gasteiger partial charge on any atom is -0.497 e. The van der Waals surface area contributed by atoms with E-state index in [0.29, 0.717) is 5.56 Å². The lowest BCUT2D eigenvalue weighted by molar-refractivity contribution is 0.112. The Morgan fingerprint density at radius 3 is 2.44 bits per heavy atom. The van der Waals surface area contributed by atoms with Crippen LogP contribution in [0.4, 0.5) is 0 Å². The first-order chi connectivity index (χ1) is 7.74. The van der Waals surface area contributed by atoms with Crippen molar-refractivity contribution in [2.24, 2.45) is 0 Å². The molecule has 0 amide bonds. The van der Waals surface area contributed by atoms with E-state index in [-0.39, 0.29) is 0 Å². The Morgan fingerprint density at radius 1 is 1.25 bits per heavy atom. The average molecular weight is 215 g/mol. The van der Waals surface area contributed by atoms with Crippen LogP contribution in [0.25, 0.3) is 5.69 Å². The molecule has 0 saturated heterocycles. The van der Waals surface area contributed by atoms with Crippen LogP contribution in [0.1, 0.15) is 16.1 Å². The van der Waals surface area contributed by atoms with E-state index in [0.717, 1.165) is 23.4 Å². The molecule has 0 atom stereocenters. The summed E-state index contributed by atoms with van der Waals surface area (Å²) in [5.74, 6) is 0.823. The van der Waals surface area contributed by atoms with Crippen molar-refractivity contribution in [1.29, 1.82) is 0 Å². The largest absolute Gasteiger partial charge is 0.497 e. The average Bonchev–Trinajstić information content (AvgIpc) is 2.71. The zero-order chi connectivity index (χ0) is 11.5. The molecule has 0 bridgehead atoms. The number of methoxy groups -OCH3 is 1. The number of aryl methyl sites for hydroxylation is 1. The summed E-state index contributed by atoms with van der Waals surface area (Å²) in [5.41, 5.74) is 2.74. The Kier molecular flexibility index (Phi) is 2.77. The first kappa shape index (κ1) is 10.5. The molecule has 1 heterocycles. The minimum absolute atomic E-state index is 0.688. The first-order valence-electron chi connectivity index (χ1n) is 5.03. The van der Waals surface area contributed by atoms with Gasteiger partial charge < -0.3 is 9.30 Å². The number of ether oxygens (including phenoxy) is 1. The van der Waals surface area contributed by atoms with E-state index in [1.165, 1.54) is 0 Å². The van der Waals surface area contributed by atoms with E-state index in [2.05, 4.69) is 0 Å². The lowest BCUT2D eigenvalue weighted by Gasteiger charge is -2.06. The van der Waals surface area contributed by atoms with E-state index >= 15 is 0 Å². The molecule has 82 valence electrons. The Bertz CT molecular complexity index is 497. The van der Waals surface area contributed by atoms with Crippen molar-refractivity contribution >= 4 is 6.29 Å². The Hall–Kier alpha value is -2.03. The summed E-state index contributed by atoms with van der Waals surface area (Å²) in [6.07, 6.45) is 2.68. The SMILES string of the molecule is COc1ccc(-n2cc(C=O)cc2C)cc1. The number of carbonyl (C=O) groups is 1. The van der Waals surface area contributed by atoms with Crippen molar-refractivity contribution in [2.75, 3.05) is 7.11 Å². The number of carbonyl (C=O) groups excluding carboxylic acids is 1. The van der Waals surface area contributed by atoms with Gasteiger partial charge in [-0.25, -0.2) is 0 Å². The molecule has 1 aromatic heterocycles. The van der Waals surface area contributed by atoms with Crippen LogP contribution in [0.2, 0.25) is 0 Å². The monoisotopic (exact) mass is 215 g/mol. The maximum atomic E-state index is 10.7. The second-order valence-electron chi connectivity index (χ2n) is 3.60. The number of aldehydes is 1. The van der Waals surface area contributed by atoms with Crippen LogP contribution in [0.3, 0.4) is 0 Å². The number of aromatic nitrogens is 1. The summed E-state index contributed by atoms with van der Waals surface area (Å²) in [5, 5.41) is 0. The van der Waals surface area contributed by atoms with Gasteiger partial charge in [0.1, 0.15) is 5.75 Å². The van der Waals surface area contributed by atoms with Crippen LogP contribution in [0.5, 0.6) is 5.75 Å². The molecule has 2 aromatic rings. The van der Waals surface area contributed by atoms with Crippen molar-refractivity contribution < 1.29 is 9.53 Å². The number of nitrogens with zero attached hydrogens (tertiary/aromatic N) is 1. The first-order valence-corrected chi connectivity index (χ1v) is 5.03. The molecule has 3 nitrogen and oxygen atoms in total. The highest BCUT2D eigenvalue weighted by Gasteiger charge is 2.03. The zero-order valence-electron chi connectivity index (χ0n) is 9.31. The van der Waals surface area contributed by atoms with E-state index in [4.69, 9.17) is 4.74 Å². The number of rotatable bonds is 3. The molecule has 0 aliphatic carbocycles. The molecule has 0 N–H and O–H groups in total. The zero-order valence-corrected chi connectivity index (χ0v) is 9.31. The lowest BCUT2D eigenvalue weighted by atomic mass is 10.3. The van der Waals surface area contributed by atoms with E-state index < -0.39 is 0 Å². The van der Waals surface area contributed by atoms with Gasteiger partial charge in [0.25, 0.3) is 0 Å². The van der Waals surface area contributed by atoms with Crippen molar-refractivity contribution in [2.45, 2.75) is 6.92 Å². The molecule has 0 aliphatic rings. The highest BCUT2D eigenvalue weighted by molar-refractivity contribution is 5.75. The molecule has 16 heavy (non-hydrogen) atoms. The highest BCUT2D eigenvalue weighted by Crippen LogP contribution is 2.18. The van der Waals surface area contributed by atoms with Gasteiger partial charge >= 0.3 is 0 Å². The number of benzene rings is 1. The molecular weight excluding hydrogens is 202 g/mol. The topological polar surface area (TPSA) is 31.2 Å². The predicted molar refractivity (Wildman–Crippen MR) is 62.4 cm³/mol. The fraction of sp³-hybridized carbons (Fsp3) is 0.154. The summed E-state index contributed by atoms with van der Waals surface area (Å²) in [4.78, 5) is 10.7. The Balaban J connectivity index is 2.41. The van der Waals surface area contributed by atoms with Gasteiger partial charge in [0.05, 0.1) is 7.11 Å². The van der Waals surface area contributed by atoms with Crippen molar-refractivity contribution in [3.05, 3.63) is 47.8 Å². The van der Waals surface area contributed by atoms with Crippen LogP contribution in [0, 0.1) is 6.92 Å². The van der Waals surface area contributed by atoms with Crippen molar-refractivity contribution in [3.8, 4) is 11.4 Å². The van der Waals surface area contributed by atoms with Gasteiger partial charge in [-0.2, -0.15) is 0 Å². The van der Waals surface area contributed by atoms with Gasteiger partial charge in [0.15, 0.2) is 6.29 Å². The molecule has 1 aromatic carbocycles. The third-order valence-corrected chi connectivity index (χ3v) is 2.52. The maximum Gasteiger partial charge on any atom is 0.151 e. The Labute approximate surface area is 94.3 Å². The number of hydrogen-bond acceptors (Lipinski definition) is 2. The summed E-state index contributed by atoms with van der Waals surface area (Å²) in [7, 11) is 1.64. The van der Waals surface area contributed by atoms with Gasteiger partial charge in [-0.1, -0.05) is 0 Å². The fourth-order valence-electron chi connectivity index (χ4n) is 1.68. The second-order valence-corrected chi connectivity index (χ2v) is 3.60. The van der Waals surface area contributed by atoms with Crippen LogP contribution in [-0.2, 0) is 0 Å². The molecule has 0 radical (unpaired) electrons. The second kappa shape index (κ2) is 4.23. The van der Waals surface area contributed by atoms with Gasteiger partial charge in [-0.3, -0.25) is 4.79 Å². The highest BCUT2D eigenvalue weighted by atomic mass is 16.5. The third kappa shape index (κ3) is 1.84. The van der Waals surface area contributed by atoms with Gasteiger partial charge in [-0.05, 0) is 37.3 Å². The van der Waals surface area contributed by atoms with Gasteiger partial charge in [-0.15, -0.1) is 0 Å². The van der Waals surface area contributed by atoms with E-state index in [1.54, 1.807) is 7.11 Å². The molecule has 0 spiro atoms. The van der Waals surface area contributed by atoms with Crippen LogP contribution >= 0.6 is 0 Å². The van der Waals surface area contributed by atoms with Crippen LogP contribution < -0.4 is 4.74 Å². The quantitative estimate of drug-likeness (QED) is 0.737. The van der Waals surface area contributed by atoms with Gasteiger partial charge in [0.2, 0.25) is 0 Å². The number of hydrogen-bond donors (Lipinski definition) is 0. The molecular formula is C13H13NO2. The minimum atomic E-state index is 0.688. The molecule has 0 unspecified atom stereocenters. The van der Waals surface area contributed by atoms with Crippen molar-refractivity contribution in [1.82, 2.24) is 4.57 Å². The van der Waals surface area contributed by atoms with E-state index in [9.17, 15) is 4.79 Å². The van der Waals surface area contributed by atoms with Crippen LogP contribution in [-0.4, -0.2) is 18.0 Å². The molecule has 0 saturated carbocycles. The summed E-state index contributed by atoms with van der Waals surface area (Å²) in [6, 6.07) is 9.57. The van der Waals surface area contributed by atoms with E-state index in [1.807, 2.05) is 48.0 Å². The standard InChI is InChI=1S/C13H13NO2/c1-10-7-11(9-15)8-14(10)12-3-5-13(16-2)6-4-12/h3-9H,1-2H3. The fourth-order valence-corrected chi connectivity index (χ4v) is 1.68. The van der Waals surface area contributed by atoms with Gasteiger partial charge in [0, 0.05) is 23.1 Å². The summed E-state index contributed by atoms with van der Waals surface area (Å²) in [6.45, 7) is 1.97. The normalized spacial score (nSPS) is 10.1.